The smallest absolute Gasteiger partial charge is 0.391 e. The van der Waals surface area contributed by atoms with Gasteiger partial charge in [0, 0.05) is 0 Å². The van der Waals surface area contributed by atoms with Crippen molar-refractivity contribution in [3.63, 3.8) is 0 Å². The van der Waals surface area contributed by atoms with E-state index in [1.54, 1.807) is 0 Å². The van der Waals surface area contributed by atoms with E-state index in [1.807, 2.05) is 10.5 Å². The molecule has 0 aromatic carbocycles. The van der Waals surface area contributed by atoms with Gasteiger partial charge in [-0.15, -0.1) is 0 Å². The van der Waals surface area contributed by atoms with Gasteiger partial charge in [0.25, 0.3) is 0 Å². The quantitative estimate of drug-likeness (QED) is 0.133. The summed E-state index contributed by atoms with van der Waals surface area (Å²) in [7, 11) is -1.38. The van der Waals surface area contributed by atoms with Gasteiger partial charge in [-0.2, -0.15) is 0 Å². The van der Waals surface area contributed by atoms with Crippen LogP contribution in [0, 0.1) is 0 Å². The Balaban J connectivity index is 3.71. The number of carbonyl (C=O) groups excluding carboxylic acids is 6. The molecule has 0 aliphatic heterocycles. The Morgan fingerprint density at radius 3 is 1.43 bits per heavy atom. The van der Waals surface area contributed by atoms with E-state index >= 15 is 0 Å². The molecule has 0 saturated heterocycles. The molecule has 0 aromatic heterocycles. The molecule has 0 heterocycles. The van der Waals surface area contributed by atoms with Crippen molar-refractivity contribution in [3.05, 3.63) is 0 Å². The van der Waals surface area contributed by atoms with Crippen LogP contribution in [0.3, 0.4) is 0 Å². The Morgan fingerprint density at radius 1 is 0.696 bits per heavy atom. The van der Waals surface area contributed by atoms with Crippen molar-refractivity contribution in [1.29, 1.82) is 0 Å². The lowest BCUT2D eigenvalue weighted by molar-refractivity contribution is -0.215. The maximum Gasteiger partial charge on any atom is 0.439 e. The summed E-state index contributed by atoms with van der Waals surface area (Å²) in [6, 6.07) is 0. The van der Waals surface area contributed by atoms with Crippen molar-refractivity contribution in [2.24, 2.45) is 0 Å². The largest absolute Gasteiger partial charge is 0.439 e. The van der Waals surface area contributed by atoms with Crippen molar-refractivity contribution in [2.45, 2.75) is 0 Å². The highest BCUT2D eigenvalue weighted by Crippen LogP contribution is 1.76. The molecule has 0 atom stereocenters. The molecule has 17 heteroatoms. The Kier molecular flexibility index (Phi) is 10.5. The summed E-state index contributed by atoms with van der Waals surface area (Å²) in [5.41, 5.74) is 0. The van der Waals surface area contributed by atoms with Crippen LogP contribution in [0.5, 0.6) is 0 Å². The highest BCUT2D eigenvalue weighted by atomic mass is 17.2. The second-order valence-corrected chi connectivity index (χ2v) is 3.21. The molecule has 23 heavy (non-hydrogen) atoms. The minimum Gasteiger partial charge on any atom is -0.391 e. The molecular weight excluding hydrogens is 321 g/mol. The summed E-state index contributed by atoms with van der Waals surface area (Å²) in [6.07, 6.45) is -2.27. The van der Waals surface area contributed by atoms with E-state index in [0.717, 1.165) is 0 Å². The third-order valence-electron chi connectivity index (χ3n) is 1.68. The van der Waals surface area contributed by atoms with E-state index in [9.17, 15) is 28.8 Å². The first-order chi connectivity index (χ1) is 11.0. The van der Waals surface area contributed by atoms with Crippen LogP contribution in [0.15, 0.2) is 0 Å². The average molecular weight is 330 g/mol. The summed E-state index contributed by atoms with van der Waals surface area (Å²) < 4.78 is 0. The zero-order valence-electron chi connectivity index (χ0n) is 11.4. The van der Waals surface area contributed by atoms with E-state index in [1.165, 1.54) is 0 Å². The third-order valence-corrected chi connectivity index (χ3v) is 1.68. The van der Waals surface area contributed by atoms with Crippen molar-refractivity contribution in [1.82, 2.24) is 20.9 Å². The highest BCUT2D eigenvalue weighted by Gasteiger charge is 2.14. The lowest BCUT2D eigenvalue weighted by atomic mass is 9.74. The highest BCUT2D eigenvalue weighted by molar-refractivity contribution is 6.98. The molecular formula is C6H9B3N4O10. The van der Waals surface area contributed by atoms with Crippen LogP contribution in [-0.2, 0) is 29.1 Å². The number of rotatable bonds is 10. The number of hydrogen-bond donors (Lipinski definition) is 4. The number of nitrogens with one attached hydrogen (secondary N) is 4. The Labute approximate surface area is 129 Å². The van der Waals surface area contributed by atoms with Gasteiger partial charge in [0.05, 0.1) is 0 Å². The molecule has 0 rings (SSSR count). The van der Waals surface area contributed by atoms with E-state index in [-0.39, 0.29) is 28.0 Å². The van der Waals surface area contributed by atoms with Crippen LogP contribution in [0.25, 0.3) is 0 Å². The molecule has 4 N–H and O–H groups in total. The molecule has 4 amide bonds. The van der Waals surface area contributed by atoms with Crippen LogP contribution < -0.4 is 20.9 Å². The fourth-order valence-corrected chi connectivity index (χ4v) is 0.886. The Bertz CT molecular complexity index is 422. The van der Waals surface area contributed by atoms with E-state index in [0.29, 0.717) is 0 Å². The molecule has 0 spiro atoms. The van der Waals surface area contributed by atoms with E-state index in [4.69, 9.17) is 0 Å². The lowest BCUT2D eigenvalue weighted by Gasteiger charge is -2.05. The van der Waals surface area contributed by atoms with Crippen molar-refractivity contribution >= 4 is 59.1 Å². The lowest BCUT2D eigenvalue weighted by Crippen LogP contribution is -2.48. The van der Waals surface area contributed by atoms with Gasteiger partial charge in [-0.05, 0) is 0 Å². The van der Waals surface area contributed by atoms with Crippen molar-refractivity contribution in [3.8, 4) is 0 Å². The first-order valence-electron chi connectivity index (χ1n) is 5.62. The van der Waals surface area contributed by atoms with Crippen LogP contribution in [0.4, 0.5) is 19.2 Å². The minimum atomic E-state index is -1.14. The number of amides is 4. The van der Waals surface area contributed by atoms with Gasteiger partial charge in [0.1, 0.15) is 0 Å². The van der Waals surface area contributed by atoms with Gasteiger partial charge in [0.2, 0.25) is 0 Å². The fraction of sp³-hybridized carbons (Fsp3) is 0. The maximum atomic E-state index is 11.3. The molecule has 0 radical (unpaired) electrons. The summed E-state index contributed by atoms with van der Waals surface area (Å²) >= 11 is 0. The molecule has 0 saturated carbocycles. The van der Waals surface area contributed by atoms with Gasteiger partial charge in [0.15, 0.2) is 11.6 Å². The fourth-order valence-electron chi connectivity index (χ4n) is 0.886. The minimum absolute atomic E-state index is 0.128. The summed E-state index contributed by atoms with van der Waals surface area (Å²) in [6.45, 7) is -0.255. The van der Waals surface area contributed by atoms with Gasteiger partial charge in [-0.3, -0.25) is 19.2 Å². The van der Waals surface area contributed by atoms with Crippen LogP contribution in [0.1, 0.15) is 0 Å². The topological polar surface area (TPSA) is 187 Å². The predicted octanol–water partition coefficient (Wildman–Crippen LogP) is -4.00. The SMILES string of the molecule is O=COOC(=O)NBNC(=O)BC(=O)NBNC(=O)OOC=O. The molecule has 0 unspecified atom stereocenters. The Hall–Kier alpha value is -3.39. The first-order valence-corrected chi connectivity index (χ1v) is 5.62. The van der Waals surface area contributed by atoms with Crippen molar-refractivity contribution in [2.75, 3.05) is 0 Å². The molecule has 0 aliphatic rings. The summed E-state index contributed by atoms with van der Waals surface area (Å²) in [5, 5.41) is 8.19. The van der Waals surface area contributed by atoms with Crippen molar-refractivity contribution < 1.29 is 48.3 Å². The second-order valence-electron chi connectivity index (χ2n) is 3.21. The zero-order valence-corrected chi connectivity index (χ0v) is 11.4. The standard InChI is InChI=1S/C6H9B3N4O10/c14-1-20-22-5(18)12-8-10-3(16)7-4(17)11-9-13-6(19)23-21-2-15/h1-2,7-9H,(H,10,16)(H,11,17)(H,12,18)(H,13,19). The molecule has 0 fully saturated rings. The van der Waals surface area contributed by atoms with E-state index in [2.05, 4.69) is 30.0 Å². The molecule has 0 aliphatic carbocycles. The first kappa shape index (κ1) is 19.6. The molecule has 0 bridgehead atoms. The number of carbonyl (C=O) groups is 6. The van der Waals surface area contributed by atoms with Gasteiger partial charge in [-0.1, -0.05) is 0 Å². The predicted molar refractivity (Wildman–Crippen MR) is 72.0 cm³/mol. The molecule has 14 nitrogen and oxygen atoms in total. The van der Waals surface area contributed by atoms with Crippen LogP contribution in [-0.4, -0.2) is 59.1 Å². The Morgan fingerprint density at radius 2 is 1.09 bits per heavy atom. The normalized spacial score (nSPS) is 8.17. The molecule has 122 valence electrons. The second kappa shape index (κ2) is 12.4. The maximum absolute atomic E-state index is 11.3. The summed E-state index contributed by atoms with van der Waals surface area (Å²) in [4.78, 5) is 78.4. The van der Waals surface area contributed by atoms with Gasteiger partial charge >= 0.3 is 47.5 Å². The van der Waals surface area contributed by atoms with Crippen LogP contribution in [0.2, 0.25) is 0 Å². The summed E-state index contributed by atoms with van der Waals surface area (Å²) in [5.74, 6) is -1.52. The number of hydrogen-bond acceptors (Lipinski definition) is 10. The zero-order chi connectivity index (χ0) is 17.5. The van der Waals surface area contributed by atoms with E-state index < -0.39 is 31.1 Å². The monoisotopic (exact) mass is 330 g/mol. The third kappa shape index (κ3) is 12.1. The molecule has 0 aromatic rings. The van der Waals surface area contributed by atoms with Gasteiger partial charge < -0.3 is 20.9 Å². The van der Waals surface area contributed by atoms with Gasteiger partial charge in [-0.25, -0.2) is 29.1 Å². The van der Waals surface area contributed by atoms with Crippen LogP contribution >= 0.6 is 0 Å². The average Bonchev–Trinajstić information content (AvgIpc) is 2.50.